The third-order valence-corrected chi connectivity index (χ3v) is 9.42. The summed E-state index contributed by atoms with van der Waals surface area (Å²) in [5, 5.41) is 4.41. The van der Waals surface area contributed by atoms with Crippen LogP contribution in [-0.2, 0) is 9.22 Å². The van der Waals surface area contributed by atoms with E-state index in [2.05, 4.69) is 35.8 Å². The zero-order valence-electron chi connectivity index (χ0n) is 14.9. The van der Waals surface area contributed by atoms with Crippen LogP contribution in [0.4, 0.5) is 0 Å². The highest BCUT2D eigenvalue weighted by Gasteiger charge is 2.33. The van der Waals surface area contributed by atoms with Gasteiger partial charge in [-0.05, 0) is 31.1 Å². The molecule has 7 heteroatoms. The van der Waals surface area contributed by atoms with Crippen molar-refractivity contribution in [2.75, 3.05) is 0 Å². The van der Waals surface area contributed by atoms with Crippen molar-refractivity contribution in [2.24, 2.45) is 0 Å². The maximum absolute atomic E-state index is 11.2. The molecule has 2 aromatic rings. The fraction of sp³-hybridized carbons (Fsp3) is 0.529. The van der Waals surface area contributed by atoms with Crippen LogP contribution in [0.2, 0.25) is 18.1 Å². The summed E-state index contributed by atoms with van der Waals surface area (Å²) in [6.45, 7) is 8.52. The summed E-state index contributed by atoms with van der Waals surface area (Å²) in [6, 6.07) is 4.91. The third kappa shape index (κ3) is 3.79. The molecule has 2 rings (SSSR count). The Hall–Kier alpha value is -1.86. The molecule has 0 saturated carbocycles. The molecule has 0 aromatic carbocycles. The van der Waals surface area contributed by atoms with Crippen molar-refractivity contribution >= 4 is 14.6 Å². The Kier molecular flexibility index (Phi) is 6.39. The maximum atomic E-state index is 11.2. The number of hydrogen-bond acceptors (Lipinski definition) is 5. The van der Waals surface area contributed by atoms with Gasteiger partial charge in [-0.15, -0.1) is 0 Å². The minimum atomic E-state index is -1.82. The van der Waals surface area contributed by atoms with E-state index in [0.29, 0.717) is 12.4 Å². The molecule has 1 atom stereocenters. The highest BCUT2D eigenvalue weighted by molar-refractivity contribution is 6.73. The van der Waals surface area contributed by atoms with Crippen molar-refractivity contribution < 1.29 is 9.22 Å². The Morgan fingerprint density at radius 2 is 1.83 bits per heavy atom. The predicted molar refractivity (Wildman–Crippen MR) is 95.6 cm³/mol. The van der Waals surface area contributed by atoms with Gasteiger partial charge in [0.05, 0.1) is 18.0 Å². The molecule has 1 unspecified atom stereocenters. The number of carbonyl (C=O) groups is 1. The van der Waals surface area contributed by atoms with Gasteiger partial charge >= 0.3 is 0 Å². The Morgan fingerprint density at radius 1 is 1.21 bits per heavy atom. The summed E-state index contributed by atoms with van der Waals surface area (Å²) in [7, 11) is -1.82. The minimum absolute atomic E-state index is 0.244. The van der Waals surface area contributed by atoms with Gasteiger partial charge in [0.25, 0.3) is 5.95 Å². The van der Waals surface area contributed by atoms with E-state index in [1.54, 1.807) is 29.3 Å². The Morgan fingerprint density at radius 3 is 2.38 bits per heavy atom. The monoisotopic (exact) mass is 346 g/mol. The van der Waals surface area contributed by atoms with Crippen LogP contribution < -0.4 is 0 Å². The molecule has 0 aliphatic rings. The van der Waals surface area contributed by atoms with Gasteiger partial charge in [0.2, 0.25) is 0 Å². The molecule has 6 nitrogen and oxygen atoms in total. The van der Waals surface area contributed by atoms with Crippen LogP contribution in [0.15, 0.2) is 24.7 Å². The summed E-state index contributed by atoms with van der Waals surface area (Å²) >= 11 is 0. The van der Waals surface area contributed by atoms with Crippen LogP contribution in [-0.4, -0.2) is 34.4 Å². The van der Waals surface area contributed by atoms with E-state index in [1.807, 2.05) is 6.92 Å². The van der Waals surface area contributed by atoms with Crippen molar-refractivity contribution in [1.29, 1.82) is 0 Å². The van der Waals surface area contributed by atoms with E-state index in [9.17, 15) is 4.79 Å². The first-order chi connectivity index (χ1) is 11.6. The Balaban J connectivity index is 2.35. The molecule has 0 N–H and O–H groups in total. The summed E-state index contributed by atoms with van der Waals surface area (Å²) in [4.78, 5) is 19.7. The molecule has 0 aliphatic heterocycles. The molecule has 0 amide bonds. The van der Waals surface area contributed by atoms with Crippen LogP contribution in [0.5, 0.6) is 0 Å². The Bertz CT molecular complexity index is 648. The van der Waals surface area contributed by atoms with Gasteiger partial charge in [0, 0.05) is 24.4 Å². The lowest BCUT2D eigenvalue weighted by molar-refractivity contribution is -0.109. The normalized spacial score (nSPS) is 13.0. The van der Waals surface area contributed by atoms with Crippen LogP contribution in [0, 0.1) is 6.92 Å². The summed E-state index contributed by atoms with van der Waals surface area (Å²) < 4.78 is 8.25. The lowest BCUT2D eigenvalue weighted by atomic mass is 10.1. The largest absolute Gasteiger partial charge is 0.409 e. The summed E-state index contributed by atoms with van der Waals surface area (Å²) in [5.74, 6) is 0.524. The summed E-state index contributed by atoms with van der Waals surface area (Å²) in [6.07, 6.45) is 6.18. The van der Waals surface area contributed by atoms with Crippen molar-refractivity contribution in [3.05, 3.63) is 35.9 Å². The van der Waals surface area contributed by atoms with Gasteiger partial charge in [-0.25, -0.2) is 14.6 Å². The highest BCUT2D eigenvalue weighted by atomic mass is 28.4. The molecule has 0 bridgehead atoms. The van der Waals surface area contributed by atoms with E-state index < -0.39 is 8.32 Å². The molecule has 0 fully saturated rings. The molecular formula is C17H26N4O2Si. The maximum Gasteiger partial charge on any atom is 0.250 e. The molecule has 0 spiro atoms. The molecule has 0 saturated heterocycles. The van der Waals surface area contributed by atoms with Crippen molar-refractivity contribution in [3.63, 3.8) is 0 Å². The van der Waals surface area contributed by atoms with E-state index >= 15 is 0 Å². The molecule has 2 aromatic heterocycles. The molecule has 0 radical (unpaired) electrons. The number of carbonyl (C=O) groups excluding carboxylic acids is 1. The van der Waals surface area contributed by atoms with E-state index in [1.165, 1.54) is 0 Å². The number of aromatic nitrogens is 4. The fourth-order valence-electron chi connectivity index (χ4n) is 2.97. The topological polar surface area (TPSA) is 69.9 Å². The molecule has 130 valence electrons. The molecule has 24 heavy (non-hydrogen) atoms. The zero-order valence-corrected chi connectivity index (χ0v) is 15.9. The van der Waals surface area contributed by atoms with Crippen molar-refractivity contribution in [1.82, 2.24) is 19.7 Å². The smallest absolute Gasteiger partial charge is 0.250 e. The number of hydrogen-bond donors (Lipinski definition) is 0. The SMILES string of the molecule is CC[Si](CC)(CC)OC(CC=O)c1cnn(-c2ncccn2)c1C. The number of rotatable bonds is 9. The van der Waals surface area contributed by atoms with Crippen LogP contribution in [0.1, 0.15) is 44.6 Å². The molecule has 2 heterocycles. The van der Waals surface area contributed by atoms with Crippen molar-refractivity contribution in [2.45, 2.75) is 58.4 Å². The average molecular weight is 347 g/mol. The quantitative estimate of drug-likeness (QED) is 0.512. The highest BCUT2D eigenvalue weighted by Crippen LogP contribution is 2.32. The van der Waals surface area contributed by atoms with Crippen LogP contribution in [0.25, 0.3) is 5.95 Å². The number of aldehydes is 1. The second-order valence-corrected chi connectivity index (χ2v) is 10.6. The lowest BCUT2D eigenvalue weighted by Gasteiger charge is -2.32. The molecule has 0 aliphatic carbocycles. The lowest BCUT2D eigenvalue weighted by Crippen LogP contribution is -2.37. The fourth-order valence-corrected chi connectivity index (χ4v) is 5.80. The summed E-state index contributed by atoms with van der Waals surface area (Å²) in [5.41, 5.74) is 1.86. The van der Waals surface area contributed by atoms with Gasteiger partial charge < -0.3 is 9.22 Å². The second kappa shape index (κ2) is 8.30. The van der Waals surface area contributed by atoms with Gasteiger partial charge in [-0.1, -0.05) is 20.8 Å². The van der Waals surface area contributed by atoms with Gasteiger partial charge in [0.15, 0.2) is 8.32 Å². The Labute approximate surface area is 144 Å². The third-order valence-electron chi connectivity index (χ3n) is 4.77. The zero-order chi connectivity index (χ0) is 17.6. The van der Waals surface area contributed by atoms with Gasteiger partial charge in [-0.3, -0.25) is 0 Å². The first-order valence-electron chi connectivity index (χ1n) is 8.54. The average Bonchev–Trinajstić information content (AvgIpc) is 3.01. The van der Waals surface area contributed by atoms with E-state index in [0.717, 1.165) is 35.7 Å². The van der Waals surface area contributed by atoms with Gasteiger partial charge in [0.1, 0.15) is 6.29 Å². The van der Waals surface area contributed by atoms with Crippen molar-refractivity contribution in [3.8, 4) is 5.95 Å². The minimum Gasteiger partial charge on any atom is -0.409 e. The van der Waals surface area contributed by atoms with E-state index in [4.69, 9.17) is 4.43 Å². The first-order valence-corrected chi connectivity index (χ1v) is 11.1. The number of nitrogens with zero attached hydrogens (tertiary/aromatic N) is 4. The van der Waals surface area contributed by atoms with Gasteiger partial charge in [-0.2, -0.15) is 5.10 Å². The standard InChI is InChI=1S/C17H26N4O2Si/c1-5-24(6-2,7-3)23-16(9-12-22)15-13-20-21(14(15)4)17-18-10-8-11-19-17/h8,10-13,16H,5-7,9H2,1-4H3. The predicted octanol–water partition coefficient (Wildman–Crippen LogP) is 3.62. The van der Waals surface area contributed by atoms with E-state index in [-0.39, 0.29) is 6.10 Å². The first kappa shape index (κ1) is 18.5. The van der Waals surface area contributed by atoms with Crippen LogP contribution >= 0.6 is 0 Å². The van der Waals surface area contributed by atoms with Crippen LogP contribution in [0.3, 0.4) is 0 Å². The molecular weight excluding hydrogens is 320 g/mol. The second-order valence-electron chi connectivity index (χ2n) is 5.90.